The lowest BCUT2D eigenvalue weighted by Gasteiger charge is -2.43. The first kappa shape index (κ1) is 19.6. The summed E-state index contributed by atoms with van der Waals surface area (Å²) in [7, 11) is 2.08. The van der Waals surface area contributed by atoms with E-state index in [9.17, 15) is 4.79 Å². The van der Waals surface area contributed by atoms with Crippen LogP contribution in [0.4, 0.5) is 0 Å². The molecule has 0 aromatic carbocycles. The van der Waals surface area contributed by atoms with E-state index in [0.717, 1.165) is 43.9 Å². The van der Waals surface area contributed by atoms with Gasteiger partial charge in [0.25, 0.3) is 5.56 Å². The lowest BCUT2D eigenvalue weighted by molar-refractivity contribution is 0.114. The first-order valence-electron chi connectivity index (χ1n) is 10.5. The topological polar surface area (TPSA) is 54.3 Å². The molecule has 30 heavy (non-hydrogen) atoms. The van der Waals surface area contributed by atoms with Crippen molar-refractivity contribution in [2.75, 3.05) is 20.1 Å². The second-order valence-corrected chi connectivity index (χ2v) is 9.52. The Hall–Kier alpha value is -2.35. The molecule has 0 spiro atoms. The van der Waals surface area contributed by atoms with Crippen molar-refractivity contribution in [1.82, 2.24) is 24.3 Å². The molecule has 0 unspecified atom stereocenters. The van der Waals surface area contributed by atoms with Crippen molar-refractivity contribution in [3.05, 3.63) is 80.4 Å². The molecule has 5 rings (SSSR count). The highest BCUT2D eigenvalue weighted by molar-refractivity contribution is 7.07. The number of hydrogen-bond donors (Lipinski definition) is 0. The van der Waals surface area contributed by atoms with Gasteiger partial charge >= 0.3 is 0 Å². The number of piperidine rings is 1. The summed E-state index contributed by atoms with van der Waals surface area (Å²) >= 11 is 1.72. The van der Waals surface area contributed by atoms with E-state index >= 15 is 0 Å². The fourth-order valence-corrected chi connectivity index (χ4v) is 5.71. The van der Waals surface area contributed by atoms with Gasteiger partial charge < -0.3 is 4.57 Å². The molecule has 3 aromatic rings. The van der Waals surface area contributed by atoms with E-state index in [-0.39, 0.29) is 5.56 Å². The zero-order valence-electron chi connectivity index (χ0n) is 17.3. The molecular formula is C23H27N5OS. The van der Waals surface area contributed by atoms with E-state index in [0.29, 0.717) is 18.4 Å². The fraction of sp³-hybridized carbons (Fsp3) is 0.435. The minimum absolute atomic E-state index is 0.198. The Morgan fingerprint density at radius 2 is 1.97 bits per heavy atom. The maximum Gasteiger partial charge on any atom is 0.255 e. The van der Waals surface area contributed by atoms with Gasteiger partial charge in [0, 0.05) is 74.4 Å². The van der Waals surface area contributed by atoms with E-state index in [2.05, 4.69) is 60.3 Å². The SMILES string of the molecule is CN(Cc1ccsc1)Cc1ccc2n(c1=O)C[C@H]1C[C@@H]2CN(Cc2cncnc2)C1. The molecule has 156 valence electrons. The number of likely N-dealkylation sites (tertiary alicyclic amines) is 1. The molecule has 0 saturated carbocycles. The Kier molecular flexibility index (Phi) is 5.50. The molecule has 6 nitrogen and oxygen atoms in total. The molecule has 7 heteroatoms. The Bertz CT molecular complexity index is 1050. The minimum Gasteiger partial charge on any atom is -0.312 e. The van der Waals surface area contributed by atoms with E-state index in [4.69, 9.17) is 0 Å². The van der Waals surface area contributed by atoms with Crippen LogP contribution in [0.25, 0.3) is 0 Å². The lowest BCUT2D eigenvalue weighted by atomic mass is 9.83. The number of nitrogens with zero attached hydrogens (tertiary/aromatic N) is 5. The zero-order chi connectivity index (χ0) is 20.5. The largest absolute Gasteiger partial charge is 0.312 e. The number of fused-ring (bicyclic) bond motifs is 4. The second-order valence-electron chi connectivity index (χ2n) is 8.74. The second kappa shape index (κ2) is 8.41. The number of hydrogen-bond acceptors (Lipinski definition) is 6. The number of rotatable bonds is 6. The first-order valence-corrected chi connectivity index (χ1v) is 11.5. The van der Waals surface area contributed by atoms with Crippen LogP contribution in [0, 0.1) is 5.92 Å². The van der Waals surface area contributed by atoms with Crippen LogP contribution in [-0.4, -0.2) is 44.5 Å². The first-order chi connectivity index (χ1) is 14.7. The van der Waals surface area contributed by atoms with Crippen LogP contribution in [0.1, 0.15) is 34.7 Å². The van der Waals surface area contributed by atoms with E-state index in [1.807, 2.05) is 12.4 Å². The Morgan fingerprint density at radius 1 is 1.10 bits per heavy atom. The molecule has 2 aliphatic heterocycles. The van der Waals surface area contributed by atoms with Gasteiger partial charge in [-0.05, 0) is 47.8 Å². The average Bonchev–Trinajstić information content (AvgIpc) is 3.24. The van der Waals surface area contributed by atoms with Crippen molar-refractivity contribution in [1.29, 1.82) is 0 Å². The van der Waals surface area contributed by atoms with Crippen LogP contribution in [0.2, 0.25) is 0 Å². The standard InChI is InChI=1S/C23H27N5OS/c1-26(9-17-4-5-30-15-17)13-20-2-3-22-21-6-18(12-28(22)23(20)29)10-27(14-21)11-19-7-24-16-25-8-19/h2-5,7-8,15-16,18,21H,6,9-14H2,1H3/t18-,21+/m0/s1. The van der Waals surface area contributed by atoms with Crippen LogP contribution in [-0.2, 0) is 26.2 Å². The van der Waals surface area contributed by atoms with Crippen LogP contribution in [0.3, 0.4) is 0 Å². The molecule has 1 fully saturated rings. The van der Waals surface area contributed by atoms with Gasteiger partial charge in [0.2, 0.25) is 0 Å². The summed E-state index contributed by atoms with van der Waals surface area (Å²) in [5.41, 5.74) is 4.76. The minimum atomic E-state index is 0.198. The van der Waals surface area contributed by atoms with Crippen LogP contribution < -0.4 is 5.56 Å². The molecule has 1 saturated heterocycles. The third-order valence-electron chi connectivity index (χ3n) is 6.25. The molecule has 0 N–H and O–H groups in total. The highest BCUT2D eigenvalue weighted by Gasteiger charge is 2.34. The molecule has 2 aliphatic rings. The highest BCUT2D eigenvalue weighted by atomic mass is 32.1. The molecule has 3 aromatic heterocycles. The molecule has 0 amide bonds. The normalized spacial score (nSPS) is 21.0. The monoisotopic (exact) mass is 421 g/mol. The fourth-order valence-electron chi connectivity index (χ4n) is 5.05. The predicted octanol–water partition coefficient (Wildman–Crippen LogP) is 2.95. The summed E-state index contributed by atoms with van der Waals surface area (Å²) < 4.78 is 2.07. The molecular weight excluding hydrogens is 394 g/mol. The summed E-state index contributed by atoms with van der Waals surface area (Å²) in [6.45, 7) is 5.28. The van der Waals surface area contributed by atoms with Gasteiger partial charge in [0.15, 0.2) is 0 Å². The average molecular weight is 422 g/mol. The van der Waals surface area contributed by atoms with Crippen molar-refractivity contribution in [3.8, 4) is 0 Å². The van der Waals surface area contributed by atoms with Crippen molar-refractivity contribution in [2.24, 2.45) is 5.92 Å². The molecule has 2 atom stereocenters. The zero-order valence-corrected chi connectivity index (χ0v) is 18.1. The summed E-state index contributed by atoms with van der Waals surface area (Å²) in [5, 5.41) is 4.27. The summed E-state index contributed by atoms with van der Waals surface area (Å²) in [6.07, 6.45) is 6.55. The van der Waals surface area contributed by atoms with Crippen LogP contribution in [0.5, 0.6) is 0 Å². The van der Waals surface area contributed by atoms with Crippen molar-refractivity contribution in [3.63, 3.8) is 0 Å². The third kappa shape index (κ3) is 4.10. The summed E-state index contributed by atoms with van der Waals surface area (Å²) in [6, 6.07) is 6.41. The van der Waals surface area contributed by atoms with Crippen LogP contribution >= 0.6 is 11.3 Å². The number of thiophene rings is 1. The van der Waals surface area contributed by atoms with Gasteiger partial charge in [0.1, 0.15) is 6.33 Å². The maximum absolute atomic E-state index is 13.3. The van der Waals surface area contributed by atoms with E-state index in [1.54, 1.807) is 17.7 Å². The van der Waals surface area contributed by atoms with Gasteiger partial charge in [0.05, 0.1) is 0 Å². The van der Waals surface area contributed by atoms with Gasteiger partial charge in [-0.1, -0.05) is 6.07 Å². The molecule has 0 aliphatic carbocycles. The quantitative estimate of drug-likeness (QED) is 0.613. The third-order valence-corrected chi connectivity index (χ3v) is 6.98. The molecule has 2 bridgehead atoms. The van der Waals surface area contributed by atoms with Crippen molar-refractivity contribution in [2.45, 2.75) is 38.5 Å². The predicted molar refractivity (Wildman–Crippen MR) is 118 cm³/mol. The van der Waals surface area contributed by atoms with Crippen molar-refractivity contribution < 1.29 is 0 Å². The van der Waals surface area contributed by atoms with Crippen molar-refractivity contribution >= 4 is 11.3 Å². The Labute approximate surface area is 180 Å². The smallest absolute Gasteiger partial charge is 0.255 e. The Morgan fingerprint density at radius 3 is 2.77 bits per heavy atom. The lowest BCUT2D eigenvalue weighted by Crippen LogP contribution is -2.47. The van der Waals surface area contributed by atoms with Crippen LogP contribution in [0.15, 0.2) is 52.5 Å². The highest BCUT2D eigenvalue weighted by Crippen LogP contribution is 2.35. The van der Waals surface area contributed by atoms with Gasteiger partial charge in [-0.3, -0.25) is 14.6 Å². The number of aromatic nitrogens is 3. The van der Waals surface area contributed by atoms with Gasteiger partial charge in [-0.15, -0.1) is 0 Å². The van der Waals surface area contributed by atoms with Gasteiger partial charge in [-0.2, -0.15) is 11.3 Å². The summed E-state index contributed by atoms with van der Waals surface area (Å²) in [4.78, 5) is 26.3. The van der Waals surface area contributed by atoms with Gasteiger partial charge in [-0.25, -0.2) is 9.97 Å². The maximum atomic E-state index is 13.3. The van der Waals surface area contributed by atoms with E-state index in [1.165, 1.54) is 17.7 Å². The molecule has 0 radical (unpaired) electrons. The number of pyridine rings is 1. The summed E-state index contributed by atoms with van der Waals surface area (Å²) in [5.74, 6) is 0.949. The van der Waals surface area contributed by atoms with E-state index < -0.39 is 0 Å². The molecule has 5 heterocycles. The Balaban J connectivity index is 1.31.